The molecule has 18 heavy (non-hydrogen) atoms. The number of nitrogens with zero attached hydrogens (tertiary/aromatic N) is 3. The maximum absolute atomic E-state index is 4.35. The summed E-state index contributed by atoms with van der Waals surface area (Å²) in [6.45, 7) is 6.62. The van der Waals surface area contributed by atoms with Crippen molar-refractivity contribution in [3.8, 4) is 0 Å². The lowest BCUT2D eigenvalue weighted by atomic mass is 10.2. The Morgan fingerprint density at radius 1 is 1.28 bits per heavy atom. The lowest BCUT2D eigenvalue weighted by Gasteiger charge is -2.16. The van der Waals surface area contributed by atoms with Crippen LogP contribution in [0, 0.1) is 0 Å². The Morgan fingerprint density at radius 3 is 2.78 bits per heavy atom. The van der Waals surface area contributed by atoms with Crippen molar-refractivity contribution in [2.45, 2.75) is 39.2 Å². The van der Waals surface area contributed by atoms with Crippen molar-refractivity contribution >= 4 is 0 Å². The maximum Gasteiger partial charge on any atom is 0.122 e. The van der Waals surface area contributed by atoms with Crippen molar-refractivity contribution in [3.05, 3.63) is 18.2 Å². The number of hydrogen-bond donors (Lipinski definition) is 1. The van der Waals surface area contributed by atoms with Gasteiger partial charge in [0.2, 0.25) is 0 Å². The monoisotopic (exact) mass is 252 g/mol. The Balaban J connectivity index is 2.00. The number of aryl methyl sites for hydroxylation is 1. The predicted octanol–water partition coefficient (Wildman–Crippen LogP) is 2.02. The quantitative estimate of drug-likeness (QED) is 0.647. The van der Waals surface area contributed by atoms with Gasteiger partial charge in [0.1, 0.15) is 5.82 Å². The fourth-order valence-electron chi connectivity index (χ4n) is 1.98. The fraction of sp³-hybridized carbons (Fsp3) is 0.786. The largest absolute Gasteiger partial charge is 0.337 e. The highest BCUT2D eigenvalue weighted by atomic mass is 15.1. The van der Waals surface area contributed by atoms with Gasteiger partial charge in [-0.2, -0.15) is 0 Å². The summed E-state index contributed by atoms with van der Waals surface area (Å²) in [4.78, 5) is 6.69. The van der Waals surface area contributed by atoms with E-state index in [0.717, 1.165) is 32.0 Å². The second kappa shape index (κ2) is 9.11. The smallest absolute Gasteiger partial charge is 0.122 e. The van der Waals surface area contributed by atoms with Crippen LogP contribution in [-0.2, 0) is 13.6 Å². The fourth-order valence-corrected chi connectivity index (χ4v) is 1.98. The van der Waals surface area contributed by atoms with E-state index in [9.17, 15) is 0 Å². The second-order valence-corrected chi connectivity index (χ2v) is 5.00. The van der Waals surface area contributed by atoms with Gasteiger partial charge in [0.25, 0.3) is 0 Å². The van der Waals surface area contributed by atoms with Gasteiger partial charge in [-0.25, -0.2) is 4.98 Å². The van der Waals surface area contributed by atoms with Crippen LogP contribution >= 0.6 is 0 Å². The molecule has 0 radical (unpaired) electrons. The Morgan fingerprint density at radius 2 is 2.11 bits per heavy atom. The Labute approximate surface area is 111 Å². The topological polar surface area (TPSA) is 33.1 Å². The Bertz CT molecular complexity index is 308. The molecule has 1 aromatic rings. The summed E-state index contributed by atoms with van der Waals surface area (Å²) in [5.74, 6) is 1.14. The van der Waals surface area contributed by atoms with E-state index in [0.29, 0.717) is 0 Å². The summed E-state index contributed by atoms with van der Waals surface area (Å²) in [6.07, 6.45) is 8.96. The molecule has 0 aliphatic heterocycles. The molecule has 0 aliphatic carbocycles. The molecule has 0 aliphatic rings. The molecule has 0 atom stereocenters. The minimum absolute atomic E-state index is 0.942. The number of imidazole rings is 1. The summed E-state index contributed by atoms with van der Waals surface area (Å²) in [6, 6.07) is 0. The van der Waals surface area contributed by atoms with Crippen LogP contribution < -0.4 is 5.32 Å². The SMILES string of the molecule is CCCNCCCCCN(C)Cc1nccn1C. The molecule has 1 N–H and O–H groups in total. The van der Waals surface area contributed by atoms with Crippen LogP contribution in [0.15, 0.2) is 12.4 Å². The van der Waals surface area contributed by atoms with Crippen LogP contribution in [0.1, 0.15) is 38.4 Å². The van der Waals surface area contributed by atoms with Gasteiger partial charge < -0.3 is 9.88 Å². The van der Waals surface area contributed by atoms with E-state index in [1.54, 1.807) is 0 Å². The first-order valence-electron chi connectivity index (χ1n) is 7.09. The van der Waals surface area contributed by atoms with E-state index >= 15 is 0 Å². The zero-order valence-electron chi connectivity index (χ0n) is 12.2. The molecule has 0 saturated carbocycles. The number of aromatic nitrogens is 2. The van der Waals surface area contributed by atoms with Crippen molar-refractivity contribution in [1.29, 1.82) is 0 Å². The van der Waals surface area contributed by atoms with Gasteiger partial charge in [-0.15, -0.1) is 0 Å². The van der Waals surface area contributed by atoms with E-state index in [1.165, 1.54) is 25.7 Å². The van der Waals surface area contributed by atoms with Gasteiger partial charge in [0.05, 0.1) is 6.54 Å². The first-order valence-corrected chi connectivity index (χ1v) is 7.09. The van der Waals surface area contributed by atoms with Gasteiger partial charge in [-0.05, 0) is 45.9 Å². The molecule has 4 heteroatoms. The zero-order valence-corrected chi connectivity index (χ0v) is 12.2. The van der Waals surface area contributed by atoms with E-state index in [1.807, 2.05) is 12.4 Å². The van der Waals surface area contributed by atoms with Crippen molar-refractivity contribution in [3.63, 3.8) is 0 Å². The van der Waals surface area contributed by atoms with E-state index in [2.05, 4.69) is 40.8 Å². The molecule has 0 spiro atoms. The van der Waals surface area contributed by atoms with Gasteiger partial charge in [0, 0.05) is 19.4 Å². The van der Waals surface area contributed by atoms with Crippen LogP contribution in [0.3, 0.4) is 0 Å². The average Bonchev–Trinajstić information content (AvgIpc) is 2.74. The summed E-state index contributed by atoms with van der Waals surface area (Å²) < 4.78 is 2.09. The van der Waals surface area contributed by atoms with Crippen LogP contribution in [0.5, 0.6) is 0 Å². The minimum atomic E-state index is 0.942. The molecule has 1 heterocycles. The normalized spacial score (nSPS) is 11.3. The van der Waals surface area contributed by atoms with Crippen LogP contribution in [0.4, 0.5) is 0 Å². The third-order valence-electron chi connectivity index (χ3n) is 3.15. The molecule has 1 aromatic heterocycles. The molecule has 0 aromatic carbocycles. The predicted molar refractivity (Wildman–Crippen MR) is 76.6 cm³/mol. The number of unbranched alkanes of at least 4 members (excludes halogenated alkanes) is 2. The molecule has 0 fully saturated rings. The van der Waals surface area contributed by atoms with Crippen LogP contribution in [0.25, 0.3) is 0 Å². The van der Waals surface area contributed by atoms with Crippen LogP contribution in [0.2, 0.25) is 0 Å². The first kappa shape index (κ1) is 15.2. The van der Waals surface area contributed by atoms with E-state index in [4.69, 9.17) is 0 Å². The van der Waals surface area contributed by atoms with Gasteiger partial charge in [-0.3, -0.25) is 4.90 Å². The molecule has 1 rings (SSSR count). The third-order valence-corrected chi connectivity index (χ3v) is 3.15. The van der Waals surface area contributed by atoms with Gasteiger partial charge in [0.15, 0.2) is 0 Å². The molecule has 0 amide bonds. The number of hydrogen-bond acceptors (Lipinski definition) is 3. The number of nitrogens with one attached hydrogen (secondary N) is 1. The average molecular weight is 252 g/mol. The van der Waals surface area contributed by atoms with E-state index < -0.39 is 0 Å². The molecule has 0 bridgehead atoms. The van der Waals surface area contributed by atoms with Crippen LogP contribution in [-0.4, -0.2) is 41.1 Å². The first-order chi connectivity index (χ1) is 8.74. The third kappa shape index (κ3) is 6.17. The molecular weight excluding hydrogens is 224 g/mol. The lowest BCUT2D eigenvalue weighted by Crippen LogP contribution is -2.21. The molecule has 4 nitrogen and oxygen atoms in total. The Kier molecular flexibility index (Phi) is 7.69. The maximum atomic E-state index is 4.35. The molecule has 0 unspecified atom stereocenters. The highest BCUT2D eigenvalue weighted by Gasteiger charge is 2.03. The minimum Gasteiger partial charge on any atom is -0.337 e. The molecule has 104 valence electrons. The summed E-state index contributed by atoms with van der Waals surface area (Å²) >= 11 is 0. The van der Waals surface area contributed by atoms with E-state index in [-0.39, 0.29) is 0 Å². The van der Waals surface area contributed by atoms with Gasteiger partial charge in [-0.1, -0.05) is 13.3 Å². The van der Waals surface area contributed by atoms with Crippen molar-refractivity contribution in [2.75, 3.05) is 26.7 Å². The molecular formula is C14H28N4. The van der Waals surface area contributed by atoms with Crippen molar-refractivity contribution < 1.29 is 0 Å². The summed E-state index contributed by atoms with van der Waals surface area (Å²) in [5, 5.41) is 3.44. The van der Waals surface area contributed by atoms with Crippen molar-refractivity contribution in [2.24, 2.45) is 7.05 Å². The van der Waals surface area contributed by atoms with Crippen molar-refractivity contribution in [1.82, 2.24) is 19.8 Å². The lowest BCUT2D eigenvalue weighted by molar-refractivity contribution is 0.306. The summed E-state index contributed by atoms with van der Waals surface area (Å²) in [7, 11) is 4.22. The summed E-state index contributed by atoms with van der Waals surface area (Å²) in [5.41, 5.74) is 0. The Hall–Kier alpha value is -0.870. The standard InChI is InChI=1S/C14H28N4/c1-4-8-15-9-6-5-7-11-17(2)13-14-16-10-12-18(14)3/h10,12,15H,4-9,11,13H2,1-3H3. The highest BCUT2D eigenvalue weighted by molar-refractivity contribution is 4.90. The number of rotatable bonds is 10. The highest BCUT2D eigenvalue weighted by Crippen LogP contribution is 2.02. The second-order valence-electron chi connectivity index (χ2n) is 5.00. The zero-order chi connectivity index (χ0) is 13.2. The molecule has 0 saturated heterocycles. The van der Waals surface area contributed by atoms with Gasteiger partial charge >= 0.3 is 0 Å².